The average molecular weight is 362 g/mol. The van der Waals surface area contributed by atoms with Crippen molar-refractivity contribution < 1.29 is 4.79 Å². The van der Waals surface area contributed by atoms with Crippen molar-refractivity contribution >= 4 is 17.2 Å². The summed E-state index contributed by atoms with van der Waals surface area (Å²) >= 11 is 1.45. The Morgan fingerprint density at radius 2 is 1.92 bits per heavy atom. The van der Waals surface area contributed by atoms with Crippen molar-refractivity contribution in [3.8, 4) is 22.1 Å². The van der Waals surface area contributed by atoms with Crippen molar-refractivity contribution in [3.63, 3.8) is 0 Å². The van der Waals surface area contributed by atoms with Gasteiger partial charge in [-0.1, -0.05) is 30.3 Å². The molecule has 0 spiro atoms. The minimum Gasteiger partial charge on any atom is -0.346 e. The highest BCUT2D eigenvalue weighted by molar-refractivity contribution is 7.13. The average Bonchev–Trinajstić information content (AvgIpc) is 3.37. The summed E-state index contributed by atoms with van der Waals surface area (Å²) in [5.41, 5.74) is 2.86. The fourth-order valence-electron chi connectivity index (χ4n) is 2.45. The topological polar surface area (TPSA) is 96.5 Å². The van der Waals surface area contributed by atoms with E-state index >= 15 is 0 Å². The number of benzene rings is 1. The number of nitrogens with one attached hydrogen (secondary N) is 2. The molecular formula is C18H14N6OS. The minimum atomic E-state index is -0.205. The zero-order chi connectivity index (χ0) is 17.8. The molecule has 0 aliphatic heterocycles. The second kappa shape index (κ2) is 7.24. The first-order valence-electron chi connectivity index (χ1n) is 7.90. The molecule has 0 unspecified atom stereocenters. The molecular weight excluding hydrogens is 348 g/mol. The van der Waals surface area contributed by atoms with Gasteiger partial charge in [-0.25, -0.2) is 15.0 Å². The predicted molar refractivity (Wildman–Crippen MR) is 98.3 cm³/mol. The Morgan fingerprint density at radius 1 is 1.12 bits per heavy atom. The molecule has 0 radical (unpaired) electrons. The lowest BCUT2D eigenvalue weighted by atomic mass is 10.1. The minimum absolute atomic E-state index is 0.205. The van der Waals surface area contributed by atoms with E-state index in [1.807, 2.05) is 35.7 Å². The van der Waals surface area contributed by atoms with Gasteiger partial charge in [0.25, 0.3) is 5.91 Å². The van der Waals surface area contributed by atoms with Crippen LogP contribution in [0.3, 0.4) is 0 Å². The van der Waals surface area contributed by atoms with E-state index in [0.717, 1.165) is 16.3 Å². The van der Waals surface area contributed by atoms with Crippen molar-refractivity contribution in [2.24, 2.45) is 0 Å². The molecule has 1 amide bonds. The van der Waals surface area contributed by atoms with E-state index in [4.69, 9.17) is 0 Å². The number of H-pyrrole nitrogens is 1. The molecule has 0 saturated heterocycles. The highest BCUT2D eigenvalue weighted by atomic mass is 32.1. The number of carbonyl (C=O) groups excluding carboxylic acids is 1. The van der Waals surface area contributed by atoms with E-state index in [0.29, 0.717) is 23.6 Å². The summed E-state index contributed by atoms with van der Waals surface area (Å²) < 4.78 is 0. The molecule has 3 aromatic heterocycles. The number of thiazole rings is 1. The SMILES string of the molecule is O=C(NCc1csc(-c2ncccn2)n1)c1cn[nH]c1-c1ccccc1. The molecule has 4 rings (SSSR count). The number of hydrogen-bond donors (Lipinski definition) is 2. The van der Waals surface area contributed by atoms with Gasteiger partial charge in [0.2, 0.25) is 0 Å². The molecule has 2 N–H and O–H groups in total. The van der Waals surface area contributed by atoms with Gasteiger partial charge in [-0.05, 0) is 6.07 Å². The quantitative estimate of drug-likeness (QED) is 0.569. The first-order valence-corrected chi connectivity index (χ1v) is 8.78. The lowest BCUT2D eigenvalue weighted by Gasteiger charge is -2.04. The first-order chi connectivity index (χ1) is 12.8. The van der Waals surface area contributed by atoms with Gasteiger partial charge in [-0.2, -0.15) is 5.10 Å². The van der Waals surface area contributed by atoms with Crippen LogP contribution in [-0.2, 0) is 6.54 Å². The smallest absolute Gasteiger partial charge is 0.255 e. The van der Waals surface area contributed by atoms with E-state index in [1.165, 1.54) is 17.5 Å². The van der Waals surface area contributed by atoms with E-state index in [2.05, 4.69) is 30.5 Å². The Labute approximate surface area is 153 Å². The van der Waals surface area contributed by atoms with E-state index in [-0.39, 0.29) is 5.91 Å². The van der Waals surface area contributed by atoms with Gasteiger partial charge in [0.1, 0.15) is 0 Å². The van der Waals surface area contributed by atoms with Crippen LogP contribution in [0.5, 0.6) is 0 Å². The standard InChI is InChI=1S/C18H14N6OS/c25-17(14-10-22-24-15(14)12-5-2-1-3-6-12)21-9-13-11-26-18(23-13)16-19-7-4-8-20-16/h1-8,10-11H,9H2,(H,21,25)(H,22,24). The molecule has 26 heavy (non-hydrogen) atoms. The fraction of sp³-hybridized carbons (Fsp3) is 0.0556. The Bertz CT molecular complexity index is 1010. The first kappa shape index (κ1) is 16.1. The lowest BCUT2D eigenvalue weighted by Crippen LogP contribution is -2.23. The van der Waals surface area contributed by atoms with Crippen LogP contribution < -0.4 is 5.32 Å². The number of nitrogens with zero attached hydrogens (tertiary/aromatic N) is 4. The second-order valence-corrected chi connectivity index (χ2v) is 6.28. The van der Waals surface area contributed by atoms with Crippen LogP contribution in [0.25, 0.3) is 22.1 Å². The predicted octanol–water partition coefficient (Wildman–Crippen LogP) is 2.92. The van der Waals surface area contributed by atoms with Crippen molar-refractivity contribution in [2.45, 2.75) is 6.54 Å². The van der Waals surface area contributed by atoms with Gasteiger partial charge in [0, 0.05) is 23.3 Å². The molecule has 0 saturated carbocycles. The normalized spacial score (nSPS) is 10.6. The van der Waals surface area contributed by atoms with Gasteiger partial charge in [0.05, 0.1) is 29.7 Å². The maximum absolute atomic E-state index is 12.5. The third-order valence-corrected chi connectivity index (χ3v) is 4.57. The monoisotopic (exact) mass is 362 g/mol. The Kier molecular flexibility index (Phi) is 4.48. The fourth-order valence-corrected chi connectivity index (χ4v) is 3.21. The highest BCUT2D eigenvalue weighted by Crippen LogP contribution is 2.21. The third-order valence-electron chi connectivity index (χ3n) is 3.69. The van der Waals surface area contributed by atoms with Crippen LogP contribution >= 0.6 is 11.3 Å². The molecule has 8 heteroatoms. The molecule has 128 valence electrons. The zero-order valence-corrected chi connectivity index (χ0v) is 14.4. The van der Waals surface area contributed by atoms with Gasteiger partial charge < -0.3 is 5.32 Å². The number of aromatic nitrogens is 5. The number of amides is 1. The van der Waals surface area contributed by atoms with Gasteiger partial charge >= 0.3 is 0 Å². The number of carbonyl (C=O) groups is 1. The highest BCUT2D eigenvalue weighted by Gasteiger charge is 2.15. The molecule has 0 aliphatic rings. The van der Waals surface area contributed by atoms with Crippen LogP contribution in [-0.4, -0.2) is 31.1 Å². The Hall–Kier alpha value is -3.39. The number of rotatable bonds is 5. The van der Waals surface area contributed by atoms with Crippen LogP contribution in [0, 0.1) is 0 Å². The molecule has 7 nitrogen and oxygen atoms in total. The molecule has 0 fully saturated rings. The maximum atomic E-state index is 12.5. The van der Waals surface area contributed by atoms with Gasteiger partial charge in [0.15, 0.2) is 10.8 Å². The van der Waals surface area contributed by atoms with Crippen molar-refractivity contribution in [1.29, 1.82) is 0 Å². The molecule has 0 aliphatic carbocycles. The summed E-state index contributed by atoms with van der Waals surface area (Å²) in [5, 5.41) is 12.4. The summed E-state index contributed by atoms with van der Waals surface area (Å²) in [7, 11) is 0. The van der Waals surface area contributed by atoms with Crippen molar-refractivity contribution in [2.75, 3.05) is 0 Å². The molecule has 1 aromatic carbocycles. The number of aromatic amines is 1. The largest absolute Gasteiger partial charge is 0.346 e. The van der Waals surface area contributed by atoms with Crippen LogP contribution in [0.2, 0.25) is 0 Å². The van der Waals surface area contributed by atoms with Gasteiger partial charge in [-0.15, -0.1) is 11.3 Å². The molecule has 0 bridgehead atoms. The van der Waals surface area contributed by atoms with Crippen molar-refractivity contribution in [1.82, 2.24) is 30.5 Å². The Morgan fingerprint density at radius 3 is 2.73 bits per heavy atom. The Balaban J connectivity index is 1.46. The van der Waals surface area contributed by atoms with E-state index in [1.54, 1.807) is 18.5 Å². The van der Waals surface area contributed by atoms with Crippen LogP contribution in [0.1, 0.15) is 16.1 Å². The molecule has 4 aromatic rings. The zero-order valence-electron chi connectivity index (χ0n) is 13.6. The van der Waals surface area contributed by atoms with Crippen molar-refractivity contribution in [3.05, 3.63) is 71.6 Å². The van der Waals surface area contributed by atoms with Gasteiger partial charge in [-0.3, -0.25) is 9.89 Å². The third kappa shape index (κ3) is 3.35. The van der Waals surface area contributed by atoms with Crippen LogP contribution in [0.15, 0.2) is 60.4 Å². The summed E-state index contributed by atoms with van der Waals surface area (Å²) in [6, 6.07) is 11.4. The molecule has 0 atom stereocenters. The summed E-state index contributed by atoms with van der Waals surface area (Å²) in [5.74, 6) is 0.374. The van der Waals surface area contributed by atoms with E-state index < -0.39 is 0 Å². The maximum Gasteiger partial charge on any atom is 0.255 e. The summed E-state index contributed by atoms with van der Waals surface area (Å²) in [6.45, 7) is 0.321. The number of hydrogen-bond acceptors (Lipinski definition) is 6. The summed E-state index contributed by atoms with van der Waals surface area (Å²) in [6.07, 6.45) is 4.88. The van der Waals surface area contributed by atoms with E-state index in [9.17, 15) is 4.79 Å². The lowest BCUT2D eigenvalue weighted by molar-refractivity contribution is 0.0951. The molecule has 3 heterocycles. The van der Waals surface area contributed by atoms with Crippen LogP contribution in [0.4, 0.5) is 0 Å². The second-order valence-electron chi connectivity index (χ2n) is 5.42. The summed E-state index contributed by atoms with van der Waals surface area (Å²) in [4.78, 5) is 25.4.